The highest BCUT2D eigenvalue weighted by Gasteiger charge is 2.33. The van der Waals surface area contributed by atoms with Crippen molar-refractivity contribution in [3.8, 4) is 17.4 Å². The van der Waals surface area contributed by atoms with Gasteiger partial charge in [-0.3, -0.25) is 0 Å². The van der Waals surface area contributed by atoms with Gasteiger partial charge in [-0.1, -0.05) is 18.2 Å². The van der Waals surface area contributed by atoms with Crippen LogP contribution in [0.3, 0.4) is 0 Å². The van der Waals surface area contributed by atoms with Crippen LogP contribution in [0.5, 0.6) is 0 Å². The molecule has 0 aliphatic rings. The van der Waals surface area contributed by atoms with E-state index in [2.05, 4.69) is 15.1 Å². The summed E-state index contributed by atoms with van der Waals surface area (Å²) in [7, 11) is 0. The highest BCUT2D eigenvalue weighted by molar-refractivity contribution is 5.93. The minimum atomic E-state index is -4.62. The topological polar surface area (TPSA) is 94.0 Å². The second kappa shape index (κ2) is 5.94. The summed E-state index contributed by atoms with van der Waals surface area (Å²) >= 11 is 0. The first-order valence-electron chi connectivity index (χ1n) is 7.56. The number of aromatic carboxylic acids is 1. The molecule has 4 rings (SSSR count). The van der Waals surface area contributed by atoms with Crippen molar-refractivity contribution in [1.29, 1.82) is 0 Å². The van der Waals surface area contributed by atoms with Crippen LogP contribution >= 0.6 is 0 Å². The Morgan fingerprint density at radius 2 is 1.89 bits per heavy atom. The number of hydrogen-bond donors (Lipinski definition) is 1. The van der Waals surface area contributed by atoms with Crippen molar-refractivity contribution >= 4 is 16.9 Å². The zero-order valence-electron chi connectivity index (χ0n) is 13.3. The van der Waals surface area contributed by atoms with Gasteiger partial charge in [0.15, 0.2) is 5.76 Å². The maximum Gasteiger partial charge on any atom is 0.433 e. The molecule has 0 radical (unpaired) electrons. The van der Waals surface area contributed by atoms with Crippen LogP contribution in [0.1, 0.15) is 16.2 Å². The van der Waals surface area contributed by atoms with Gasteiger partial charge in [0.2, 0.25) is 5.76 Å². The molecule has 4 aromatic rings. The molecule has 0 amide bonds. The molecule has 1 N–H and O–H groups in total. The molecule has 136 valence electrons. The average molecular weight is 374 g/mol. The zero-order chi connectivity index (χ0) is 19.2. The van der Waals surface area contributed by atoms with E-state index in [1.165, 1.54) is 12.1 Å². The molecule has 7 nitrogen and oxygen atoms in total. The monoisotopic (exact) mass is 374 g/mol. The number of benzene rings is 1. The van der Waals surface area contributed by atoms with Gasteiger partial charge in [0.05, 0.1) is 5.52 Å². The fourth-order valence-electron chi connectivity index (χ4n) is 2.59. The molecule has 27 heavy (non-hydrogen) atoms. The zero-order valence-corrected chi connectivity index (χ0v) is 13.3. The number of alkyl halides is 3. The Labute approximate surface area is 148 Å². The molecule has 0 atom stereocenters. The Morgan fingerprint density at radius 3 is 2.59 bits per heavy atom. The minimum Gasteiger partial charge on any atom is -0.475 e. The molecule has 3 aromatic heterocycles. The number of fused-ring (bicyclic) bond motifs is 1. The number of furan rings is 1. The Balaban J connectivity index is 1.92. The Morgan fingerprint density at radius 1 is 1.11 bits per heavy atom. The maximum absolute atomic E-state index is 13.0. The van der Waals surface area contributed by atoms with Crippen molar-refractivity contribution < 1.29 is 27.5 Å². The quantitative estimate of drug-likeness (QED) is 0.586. The van der Waals surface area contributed by atoms with Gasteiger partial charge in [0.1, 0.15) is 11.4 Å². The fourth-order valence-corrected chi connectivity index (χ4v) is 2.59. The summed E-state index contributed by atoms with van der Waals surface area (Å²) < 4.78 is 45.3. The van der Waals surface area contributed by atoms with Gasteiger partial charge in [0, 0.05) is 11.6 Å². The molecule has 0 aliphatic heterocycles. The van der Waals surface area contributed by atoms with Crippen molar-refractivity contribution in [3.05, 3.63) is 60.1 Å². The second-order valence-electron chi connectivity index (χ2n) is 5.49. The molecule has 0 bridgehead atoms. The van der Waals surface area contributed by atoms with Gasteiger partial charge < -0.3 is 9.52 Å². The van der Waals surface area contributed by atoms with Gasteiger partial charge in [-0.15, -0.1) is 0 Å². The molecule has 0 saturated heterocycles. The Hall–Kier alpha value is -3.69. The van der Waals surface area contributed by atoms with Crippen LogP contribution in [0.15, 0.2) is 53.1 Å². The van der Waals surface area contributed by atoms with Crippen LogP contribution in [-0.4, -0.2) is 30.8 Å². The lowest BCUT2D eigenvalue weighted by Gasteiger charge is -2.07. The van der Waals surface area contributed by atoms with Gasteiger partial charge in [-0.25, -0.2) is 14.8 Å². The molecule has 0 spiro atoms. The van der Waals surface area contributed by atoms with E-state index in [1.807, 2.05) is 0 Å². The van der Waals surface area contributed by atoms with E-state index in [1.54, 1.807) is 24.3 Å². The number of para-hydroxylation sites is 1. The molecule has 0 saturated carbocycles. The van der Waals surface area contributed by atoms with Crippen molar-refractivity contribution in [2.75, 3.05) is 0 Å². The molecule has 0 fully saturated rings. The number of hydrogen-bond acceptors (Lipinski definition) is 5. The van der Waals surface area contributed by atoms with Gasteiger partial charge >= 0.3 is 12.1 Å². The van der Waals surface area contributed by atoms with E-state index in [0.717, 1.165) is 16.9 Å². The third kappa shape index (κ3) is 2.90. The smallest absolute Gasteiger partial charge is 0.433 e. The predicted molar refractivity (Wildman–Crippen MR) is 86.3 cm³/mol. The lowest BCUT2D eigenvalue weighted by Crippen LogP contribution is -2.12. The van der Waals surface area contributed by atoms with E-state index in [9.17, 15) is 18.0 Å². The Kier molecular flexibility index (Phi) is 3.69. The summed E-state index contributed by atoms with van der Waals surface area (Å²) in [6.07, 6.45) is -3.63. The van der Waals surface area contributed by atoms with Crippen LogP contribution in [0.25, 0.3) is 28.3 Å². The number of aromatic nitrogens is 4. The number of nitrogens with zero attached hydrogens (tertiary/aromatic N) is 4. The summed E-state index contributed by atoms with van der Waals surface area (Å²) in [5.74, 6) is -1.63. The van der Waals surface area contributed by atoms with E-state index >= 15 is 0 Å². The number of halogens is 3. The van der Waals surface area contributed by atoms with E-state index in [0.29, 0.717) is 10.9 Å². The van der Waals surface area contributed by atoms with Crippen LogP contribution < -0.4 is 0 Å². The van der Waals surface area contributed by atoms with E-state index in [4.69, 9.17) is 9.52 Å². The first-order chi connectivity index (χ1) is 12.8. The van der Waals surface area contributed by atoms with E-state index in [-0.39, 0.29) is 23.2 Å². The second-order valence-corrected chi connectivity index (χ2v) is 5.49. The SMILES string of the molecule is O=C(O)c1ccc(-c2nn(-c3nccc(C(F)(F)F)n3)c3ccccc23)o1. The predicted octanol–water partition coefficient (Wildman–Crippen LogP) is 3.79. The molecule has 3 heterocycles. The number of rotatable bonds is 3. The van der Waals surface area contributed by atoms with Gasteiger partial charge in [-0.2, -0.15) is 23.0 Å². The van der Waals surface area contributed by atoms with Crippen LogP contribution in [-0.2, 0) is 6.18 Å². The molecule has 0 unspecified atom stereocenters. The van der Waals surface area contributed by atoms with Crippen molar-refractivity contribution in [2.45, 2.75) is 6.18 Å². The van der Waals surface area contributed by atoms with Crippen LogP contribution in [0.4, 0.5) is 13.2 Å². The third-order valence-electron chi connectivity index (χ3n) is 3.76. The van der Waals surface area contributed by atoms with Crippen molar-refractivity contribution in [3.63, 3.8) is 0 Å². The summed E-state index contributed by atoms with van der Waals surface area (Å²) in [5, 5.41) is 13.8. The minimum absolute atomic E-state index is 0.161. The summed E-state index contributed by atoms with van der Waals surface area (Å²) in [6, 6.07) is 10.2. The van der Waals surface area contributed by atoms with Crippen LogP contribution in [0, 0.1) is 0 Å². The van der Waals surface area contributed by atoms with Gasteiger partial charge in [0.25, 0.3) is 5.95 Å². The molecular weight excluding hydrogens is 365 g/mol. The summed E-state index contributed by atoms with van der Waals surface area (Å²) in [6.45, 7) is 0. The molecule has 0 aliphatic carbocycles. The van der Waals surface area contributed by atoms with Crippen molar-refractivity contribution in [2.24, 2.45) is 0 Å². The molecular formula is C17H9F3N4O3. The first-order valence-corrected chi connectivity index (χ1v) is 7.56. The van der Waals surface area contributed by atoms with Crippen LogP contribution in [0.2, 0.25) is 0 Å². The molecule has 10 heteroatoms. The normalized spacial score (nSPS) is 11.8. The highest BCUT2D eigenvalue weighted by atomic mass is 19.4. The largest absolute Gasteiger partial charge is 0.475 e. The number of carboxylic acids is 1. The first kappa shape index (κ1) is 16.8. The summed E-state index contributed by atoms with van der Waals surface area (Å²) in [4.78, 5) is 18.4. The maximum atomic E-state index is 13.0. The highest BCUT2D eigenvalue weighted by Crippen LogP contribution is 2.31. The lowest BCUT2D eigenvalue weighted by atomic mass is 10.2. The van der Waals surface area contributed by atoms with E-state index < -0.39 is 17.8 Å². The fraction of sp³-hybridized carbons (Fsp3) is 0.0588. The average Bonchev–Trinajstić information content (AvgIpc) is 3.26. The summed E-state index contributed by atoms with van der Waals surface area (Å²) in [5.41, 5.74) is -0.390. The number of carboxylic acid groups (broad SMARTS) is 1. The van der Waals surface area contributed by atoms with Gasteiger partial charge in [-0.05, 0) is 24.3 Å². The van der Waals surface area contributed by atoms with Crippen molar-refractivity contribution in [1.82, 2.24) is 19.7 Å². The standard InChI is InChI=1S/C17H9F3N4O3/c18-17(19,20)13-7-8-21-16(22-13)24-10-4-2-1-3-9(10)14(23-24)11-5-6-12(27-11)15(25)26/h1-8H,(H,25,26). The lowest BCUT2D eigenvalue weighted by molar-refractivity contribution is -0.141. The third-order valence-corrected chi connectivity index (χ3v) is 3.76. The molecule has 1 aromatic carbocycles. The number of carbonyl (C=O) groups is 1. The Bertz CT molecular complexity index is 1160.